The van der Waals surface area contributed by atoms with Crippen molar-refractivity contribution >= 4 is 5.91 Å². The van der Waals surface area contributed by atoms with Crippen molar-refractivity contribution in [1.82, 2.24) is 4.90 Å². The van der Waals surface area contributed by atoms with Crippen LogP contribution in [0.1, 0.15) is 69.8 Å². The smallest absolute Gasteiger partial charge is 0.222 e. The Morgan fingerprint density at radius 3 is 2.17 bits per heavy atom. The molecule has 0 bridgehead atoms. The van der Waals surface area contributed by atoms with Crippen molar-refractivity contribution < 1.29 is 9.90 Å². The highest BCUT2D eigenvalue weighted by Gasteiger charge is 2.15. The van der Waals surface area contributed by atoms with E-state index in [4.69, 9.17) is 0 Å². The van der Waals surface area contributed by atoms with Gasteiger partial charge >= 0.3 is 0 Å². The molecule has 3 nitrogen and oxygen atoms in total. The summed E-state index contributed by atoms with van der Waals surface area (Å²) in [5.74, 6) is 0.713. The Hall–Kier alpha value is -1.51. The molecule has 0 aliphatic carbocycles. The fourth-order valence-electron chi connectivity index (χ4n) is 3.28. The summed E-state index contributed by atoms with van der Waals surface area (Å²) in [6.07, 6.45) is 12.7. The molecule has 23 heavy (non-hydrogen) atoms. The first-order valence-electron chi connectivity index (χ1n) is 9.31. The second-order valence-corrected chi connectivity index (χ2v) is 6.73. The van der Waals surface area contributed by atoms with E-state index in [0.717, 1.165) is 32.4 Å². The average molecular weight is 317 g/mol. The topological polar surface area (TPSA) is 40.5 Å². The van der Waals surface area contributed by atoms with E-state index >= 15 is 0 Å². The quantitative estimate of drug-likeness (QED) is 0.672. The van der Waals surface area contributed by atoms with Gasteiger partial charge < -0.3 is 10.0 Å². The van der Waals surface area contributed by atoms with Gasteiger partial charge in [-0.2, -0.15) is 0 Å². The maximum Gasteiger partial charge on any atom is 0.222 e. The summed E-state index contributed by atoms with van der Waals surface area (Å²) >= 11 is 0. The van der Waals surface area contributed by atoms with E-state index in [2.05, 4.69) is 4.90 Å². The summed E-state index contributed by atoms with van der Waals surface area (Å²) < 4.78 is 0. The van der Waals surface area contributed by atoms with E-state index in [0.29, 0.717) is 11.7 Å². The lowest BCUT2D eigenvalue weighted by molar-refractivity contribution is -0.132. The van der Waals surface area contributed by atoms with Gasteiger partial charge in [-0.05, 0) is 56.2 Å². The van der Waals surface area contributed by atoms with Gasteiger partial charge in [0, 0.05) is 19.5 Å². The van der Waals surface area contributed by atoms with Gasteiger partial charge in [0.05, 0.1) is 0 Å². The molecule has 3 heteroatoms. The van der Waals surface area contributed by atoms with Crippen LogP contribution in [0, 0.1) is 0 Å². The van der Waals surface area contributed by atoms with Crippen LogP contribution in [0.4, 0.5) is 0 Å². The van der Waals surface area contributed by atoms with Gasteiger partial charge in [0.15, 0.2) is 0 Å². The number of unbranched alkanes of at least 4 members (excludes halogenated alkanes) is 5. The van der Waals surface area contributed by atoms with E-state index in [-0.39, 0.29) is 0 Å². The number of rotatable bonds is 9. The number of nitrogens with zero attached hydrogens (tertiary/aromatic N) is 1. The van der Waals surface area contributed by atoms with Crippen molar-refractivity contribution in [2.75, 3.05) is 13.1 Å². The zero-order valence-electron chi connectivity index (χ0n) is 14.3. The lowest BCUT2D eigenvalue weighted by Crippen LogP contribution is -2.35. The van der Waals surface area contributed by atoms with Crippen molar-refractivity contribution in [1.29, 1.82) is 0 Å². The van der Waals surface area contributed by atoms with Gasteiger partial charge in [0.25, 0.3) is 0 Å². The highest BCUT2D eigenvalue weighted by atomic mass is 16.3. The normalized spacial score (nSPS) is 14.9. The molecule has 0 saturated carbocycles. The molecule has 1 aromatic carbocycles. The fourth-order valence-corrected chi connectivity index (χ4v) is 3.28. The number of carbonyl (C=O) groups excluding carboxylic acids is 1. The third-order valence-electron chi connectivity index (χ3n) is 4.75. The molecule has 2 rings (SSSR count). The summed E-state index contributed by atoms with van der Waals surface area (Å²) in [6, 6.07) is 7.52. The lowest BCUT2D eigenvalue weighted by atomic mass is 10.0. The van der Waals surface area contributed by atoms with Crippen LogP contribution in [0.25, 0.3) is 0 Å². The van der Waals surface area contributed by atoms with Crippen molar-refractivity contribution in [2.45, 2.75) is 70.6 Å². The summed E-state index contributed by atoms with van der Waals surface area (Å²) in [5, 5.41) is 9.24. The number of aromatic hydroxyl groups is 1. The van der Waals surface area contributed by atoms with Gasteiger partial charge in [-0.1, -0.05) is 37.8 Å². The Kier molecular flexibility index (Phi) is 7.99. The Morgan fingerprint density at radius 2 is 1.48 bits per heavy atom. The lowest BCUT2D eigenvalue weighted by Gasteiger charge is -2.26. The number of hydrogen-bond donors (Lipinski definition) is 1. The van der Waals surface area contributed by atoms with Crippen LogP contribution in [0.5, 0.6) is 5.75 Å². The van der Waals surface area contributed by atoms with Crippen molar-refractivity contribution in [3.05, 3.63) is 29.8 Å². The van der Waals surface area contributed by atoms with Crippen LogP contribution in [0.2, 0.25) is 0 Å². The van der Waals surface area contributed by atoms with E-state index in [1.165, 1.54) is 56.9 Å². The highest BCUT2D eigenvalue weighted by Crippen LogP contribution is 2.15. The standard InChI is InChI=1S/C20H31NO2/c22-19-14-12-18(13-15-19)10-6-3-1-2-4-7-11-20(23)21-16-8-5-9-17-21/h12-15,22H,1-11,16-17H2. The van der Waals surface area contributed by atoms with Gasteiger partial charge in [0.1, 0.15) is 5.75 Å². The Bertz CT molecular complexity index is 449. The number of likely N-dealkylation sites (tertiary alicyclic amines) is 1. The van der Waals surface area contributed by atoms with Crippen LogP contribution in [0.3, 0.4) is 0 Å². The average Bonchev–Trinajstić information content (AvgIpc) is 2.59. The van der Waals surface area contributed by atoms with Gasteiger partial charge in [-0.25, -0.2) is 0 Å². The molecule has 1 N–H and O–H groups in total. The molecule has 0 aromatic heterocycles. The SMILES string of the molecule is O=C(CCCCCCCCc1ccc(O)cc1)N1CCCCC1. The van der Waals surface area contributed by atoms with Crippen LogP contribution >= 0.6 is 0 Å². The minimum absolute atomic E-state index is 0.341. The first kappa shape index (κ1) is 17.8. The maximum atomic E-state index is 12.0. The number of aryl methyl sites for hydroxylation is 1. The van der Waals surface area contributed by atoms with Gasteiger partial charge in [-0.3, -0.25) is 4.79 Å². The monoisotopic (exact) mass is 317 g/mol. The van der Waals surface area contributed by atoms with Crippen LogP contribution in [-0.4, -0.2) is 29.0 Å². The van der Waals surface area contributed by atoms with Gasteiger partial charge in [-0.15, -0.1) is 0 Å². The molecule has 128 valence electrons. The number of amides is 1. The molecular weight excluding hydrogens is 286 g/mol. The second kappa shape index (κ2) is 10.3. The molecule has 1 saturated heterocycles. The minimum Gasteiger partial charge on any atom is -0.508 e. The molecule has 1 aliphatic rings. The largest absolute Gasteiger partial charge is 0.508 e. The number of carbonyl (C=O) groups is 1. The highest BCUT2D eigenvalue weighted by molar-refractivity contribution is 5.76. The Balaban J connectivity index is 1.43. The molecule has 0 radical (unpaired) electrons. The predicted octanol–water partition coefficient (Wildman–Crippen LogP) is 4.68. The van der Waals surface area contributed by atoms with Crippen LogP contribution in [-0.2, 0) is 11.2 Å². The number of phenols is 1. The molecule has 1 aliphatic heterocycles. The molecule has 1 heterocycles. The fraction of sp³-hybridized carbons (Fsp3) is 0.650. The number of piperidine rings is 1. The van der Waals surface area contributed by atoms with Crippen LogP contribution in [0.15, 0.2) is 24.3 Å². The maximum absolute atomic E-state index is 12.0. The molecule has 0 unspecified atom stereocenters. The Morgan fingerprint density at radius 1 is 0.870 bits per heavy atom. The minimum atomic E-state index is 0.341. The summed E-state index contributed by atoms with van der Waals surface area (Å²) in [4.78, 5) is 14.1. The van der Waals surface area contributed by atoms with E-state index in [1.807, 2.05) is 12.1 Å². The Labute approximate surface area is 140 Å². The molecule has 0 atom stereocenters. The summed E-state index contributed by atoms with van der Waals surface area (Å²) in [6.45, 7) is 1.96. The van der Waals surface area contributed by atoms with E-state index in [1.54, 1.807) is 12.1 Å². The van der Waals surface area contributed by atoms with Crippen molar-refractivity contribution in [3.8, 4) is 5.75 Å². The number of hydrogen-bond acceptors (Lipinski definition) is 2. The summed E-state index contributed by atoms with van der Waals surface area (Å²) in [7, 11) is 0. The second-order valence-electron chi connectivity index (χ2n) is 6.73. The molecule has 1 amide bonds. The molecule has 1 aromatic rings. The third kappa shape index (κ3) is 7.06. The van der Waals surface area contributed by atoms with Crippen LogP contribution < -0.4 is 0 Å². The molecule has 1 fully saturated rings. The van der Waals surface area contributed by atoms with E-state index in [9.17, 15) is 9.90 Å². The molecule has 0 spiro atoms. The first-order chi connectivity index (χ1) is 11.3. The first-order valence-corrected chi connectivity index (χ1v) is 9.31. The summed E-state index contributed by atoms with van der Waals surface area (Å²) in [5.41, 5.74) is 1.30. The number of benzene rings is 1. The number of phenolic OH excluding ortho intramolecular Hbond substituents is 1. The zero-order chi connectivity index (χ0) is 16.3. The third-order valence-corrected chi connectivity index (χ3v) is 4.75. The predicted molar refractivity (Wildman–Crippen MR) is 94.6 cm³/mol. The van der Waals surface area contributed by atoms with E-state index < -0.39 is 0 Å². The molecular formula is C20H31NO2. The van der Waals surface area contributed by atoms with Crippen molar-refractivity contribution in [3.63, 3.8) is 0 Å². The van der Waals surface area contributed by atoms with Crippen molar-refractivity contribution in [2.24, 2.45) is 0 Å². The zero-order valence-corrected chi connectivity index (χ0v) is 14.3. The van der Waals surface area contributed by atoms with Gasteiger partial charge in [0.2, 0.25) is 5.91 Å².